The number of nitrogens with one attached hydrogen (secondary N) is 1. The average Bonchev–Trinajstić information content (AvgIpc) is 3.36. The molecule has 1 aliphatic rings. The lowest BCUT2D eigenvalue weighted by molar-refractivity contribution is -0.119. The molecule has 35 heavy (non-hydrogen) atoms. The molecular formula is C27H25N3O4S. The summed E-state index contributed by atoms with van der Waals surface area (Å²) in [5.41, 5.74) is 2.41. The summed E-state index contributed by atoms with van der Waals surface area (Å²) in [6, 6.07) is 22.3. The molecule has 178 valence electrons. The molecule has 8 heteroatoms. The predicted octanol–water partition coefficient (Wildman–Crippen LogP) is 4.70. The number of thioether (sulfide) groups is 1. The van der Waals surface area contributed by atoms with E-state index in [9.17, 15) is 9.59 Å². The van der Waals surface area contributed by atoms with Crippen molar-refractivity contribution in [2.45, 2.75) is 31.1 Å². The summed E-state index contributed by atoms with van der Waals surface area (Å²) in [5, 5.41) is 4.08. The van der Waals surface area contributed by atoms with Crippen LogP contribution in [0.4, 0.5) is 0 Å². The third kappa shape index (κ3) is 4.74. The van der Waals surface area contributed by atoms with E-state index < -0.39 is 0 Å². The van der Waals surface area contributed by atoms with E-state index in [0.717, 1.165) is 11.1 Å². The summed E-state index contributed by atoms with van der Waals surface area (Å²) >= 11 is 1.26. The number of hydrogen-bond donors (Lipinski definition) is 1. The molecule has 1 aromatic heterocycles. The molecule has 0 unspecified atom stereocenters. The van der Waals surface area contributed by atoms with Crippen LogP contribution >= 0.6 is 11.8 Å². The lowest BCUT2D eigenvalue weighted by Gasteiger charge is -2.20. The highest BCUT2D eigenvalue weighted by molar-refractivity contribution is 7.99. The Kier molecular flexibility index (Phi) is 6.46. The highest BCUT2D eigenvalue weighted by Gasteiger charge is 2.20. The molecule has 0 spiro atoms. The van der Waals surface area contributed by atoms with Gasteiger partial charge in [0.05, 0.1) is 28.7 Å². The zero-order valence-corrected chi connectivity index (χ0v) is 20.2. The Morgan fingerprint density at radius 3 is 2.57 bits per heavy atom. The molecule has 3 aromatic carbocycles. The van der Waals surface area contributed by atoms with Crippen molar-refractivity contribution in [1.82, 2.24) is 14.9 Å². The van der Waals surface area contributed by atoms with E-state index in [1.807, 2.05) is 80.6 Å². The first kappa shape index (κ1) is 23.0. The smallest absolute Gasteiger partial charge is 0.262 e. The number of benzene rings is 3. The van der Waals surface area contributed by atoms with Gasteiger partial charge < -0.3 is 14.8 Å². The Labute approximate surface area is 207 Å². The third-order valence-electron chi connectivity index (χ3n) is 6.05. The highest BCUT2D eigenvalue weighted by atomic mass is 32.2. The van der Waals surface area contributed by atoms with Crippen LogP contribution in [0.1, 0.15) is 37.1 Å². The summed E-state index contributed by atoms with van der Waals surface area (Å²) < 4.78 is 12.5. The van der Waals surface area contributed by atoms with Gasteiger partial charge in [-0.2, -0.15) is 0 Å². The van der Waals surface area contributed by atoms with Crippen molar-refractivity contribution in [1.29, 1.82) is 0 Å². The van der Waals surface area contributed by atoms with Crippen LogP contribution in [-0.2, 0) is 4.79 Å². The highest BCUT2D eigenvalue weighted by Crippen LogP contribution is 2.34. The molecule has 0 saturated carbocycles. The molecule has 4 aromatic rings. The monoisotopic (exact) mass is 487 g/mol. The zero-order chi connectivity index (χ0) is 24.4. The lowest BCUT2D eigenvalue weighted by Crippen LogP contribution is -2.30. The summed E-state index contributed by atoms with van der Waals surface area (Å²) in [4.78, 5) is 31.0. The van der Waals surface area contributed by atoms with Crippen LogP contribution in [0.15, 0.2) is 82.7 Å². The van der Waals surface area contributed by atoms with Gasteiger partial charge in [0.15, 0.2) is 16.7 Å². The van der Waals surface area contributed by atoms with Crippen LogP contribution in [0.3, 0.4) is 0 Å². The maximum atomic E-state index is 13.5. The van der Waals surface area contributed by atoms with Crippen LogP contribution in [-0.4, -0.2) is 28.0 Å². The van der Waals surface area contributed by atoms with E-state index in [-0.39, 0.29) is 36.1 Å². The number of hydrogen-bond acceptors (Lipinski definition) is 6. The first-order valence-corrected chi connectivity index (χ1v) is 12.4. The predicted molar refractivity (Wildman–Crippen MR) is 136 cm³/mol. The van der Waals surface area contributed by atoms with Gasteiger partial charge in [-0.15, -0.1) is 0 Å². The summed E-state index contributed by atoms with van der Waals surface area (Å²) in [6.07, 6.45) is 0. The van der Waals surface area contributed by atoms with E-state index in [0.29, 0.717) is 27.6 Å². The molecule has 1 aliphatic heterocycles. The molecule has 5 rings (SSSR count). The summed E-state index contributed by atoms with van der Waals surface area (Å²) in [7, 11) is 0. The normalized spacial score (nSPS) is 14.0. The van der Waals surface area contributed by atoms with Crippen molar-refractivity contribution < 1.29 is 14.3 Å². The topological polar surface area (TPSA) is 82.5 Å². The van der Waals surface area contributed by atoms with Gasteiger partial charge in [-0.3, -0.25) is 14.2 Å². The Bertz CT molecular complexity index is 1440. The quantitative estimate of drug-likeness (QED) is 0.301. The first-order chi connectivity index (χ1) is 17.0. The van der Waals surface area contributed by atoms with Gasteiger partial charge in [-0.25, -0.2) is 4.98 Å². The molecule has 0 saturated heterocycles. The summed E-state index contributed by atoms with van der Waals surface area (Å²) in [6.45, 7) is 4.10. The Balaban J connectivity index is 1.37. The molecule has 2 atom stereocenters. The SMILES string of the molecule is C[C@H](NC(=O)CSc1nc2ccccc2c(=O)n1[C@H](C)c1ccccc1)c1ccc2c(c1)OCO2. The molecule has 1 amide bonds. The van der Waals surface area contributed by atoms with Crippen molar-refractivity contribution in [2.24, 2.45) is 0 Å². The average molecular weight is 488 g/mol. The standard InChI is InChI=1S/C27H25N3O4S/c1-17(20-12-13-23-24(14-20)34-16-33-23)28-25(31)15-35-27-29-22-11-7-6-10-21(22)26(32)30(27)18(2)19-8-4-3-5-9-19/h3-14,17-18H,15-16H2,1-2H3,(H,28,31)/t17-,18+/m0/s1. The van der Waals surface area contributed by atoms with E-state index in [1.54, 1.807) is 10.6 Å². The van der Waals surface area contributed by atoms with Crippen LogP contribution in [0.2, 0.25) is 0 Å². The van der Waals surface area contributed by atoms with E-state index >= 15 is 0 Å². The van der Waals surface area contributed by atoms with Crippen LogP contribution in [0.25, 0.3) is 10.9 Å². The Hall–Kier alpha value is -3.78. The van der Waals surface area contributed by atoms with Gasteiger partial charge in [0.2, 0.25) is 12.7 Å². The van der Waals surface area contributed by atoms with Crippen molar-refractivity contribution in [3.8, 4) is 11.5 Å². The van der Waals surface area contributed by atoms with Gasteiger partial charge in [0.25, 0.3) is 5.56 Å². The molecule has 1 N–H and O–H groups in total. The van der Waals surface area contributed by atoms with Gasteiger partial charge in [-0.05, 0) is 49.2 Å². The molecule has 7 nitrogen and oxygen atoms in total. The third-order valence-corrected chi connectivity index (χ3v) is 7.00. The van der Waals surface area contributed by atoms with Crippen LogP contribution in [0, 0.1) is 0 Å². The van der Waals surface area contributed by atoms with E-state index in [4.69, 9.17) is 14.5 Å². The van der Waals surface area contributed by atoms with E-state index in [2.05, 4.69) is 5.32 Å². The van der Waals surface area contributed by atoms with Crippen molar-refractivity contribution >= 4 is 28.6 Å². The second-order valence-corrected chi connectivity index (χ2v) is 9.31. The molecule has 0 fully saturated rings. The fourth-order valence-electron chi connectivity index (χ4n) is 4.13. The minimum atomic E-state index is -0.237. The molecule has 0 aliphatic carbocycles. The maximum absolute atomic E-state index is 13.5. The van der Waals surface area contributed by atoms with Crippen molar-refractivity contribution in [3.63, 3.8) is 0 Å². The lowest BCUT2D eigenvalue weighted by atomic mass is 10.1. The number of rotatable bonds is 7. The minimum absolute atomic E-state index is 0.122. The second-order valence-electron chi connectivity index (χ2n) is 8.36. The maximum Gasteiger partial charge on any atom is 0.262 e. The molecule has 2 heterocycles. The number of carbonyl (C=O) groups excluding carboxylic acids is 1. The van der Waals surface area contributed by atoms with Crippen molar-refractivity contribution in [2.75, 3.05) is 12.5 Å². The van der Waals surface area contributed by atoms with Gasteiger partial charge in [-0.1, -0.05) is 60.3 Å². The van der Waals surface area contributed by atoms with Crippen LogP contribution < -0.4 is 20.3 Å². The van der Waals surface area contributed by atoms with Crippen molar-refractivity contribution in [3.05, 3.63) is 94.3 Å². The fraction of sp³-hybridized carbons (Fsp3) is 0.222. The number of fused-ring (bicyclic) bond motifs is 2. The molecular weight excluding hydrogens is 462 g/mol. The number of ether oxygens (including phenoxy) is 2. The van der Waals surface area contributed by atoms with E-state index in [1.165, 1.54) is 11.8 Å². The number of amides is 1. The largest absolute Gasteiger partial charge is 0.454 e. The second kappa shape index (κ2) is 9.84. The number of para-hydroxylation sites is 1. The number of carbonyl (C=O) groups is 1. The van der Waals surface area contributed by atoms with Crippen LogP contribution in [0.5, 0.6) is 11.5 Å². The van der Waals surface area contributed by atoms with Gasteiger partial charge >= 0.3 is 0 Å². The minimum Gasteiger partial charge on any atom is -0.454 e. The zero-order valence-electron chi connectivity index (χ0n) is 19.4. The number of nitrogens with zero attached hydrogens (tertiary/aromatic N) is 2. The first-order valence-electron chi connectivity index (χ1n) is 11.4. The Morgan fingerprint density at radius 2 is 1.74 bits per heavy atom. The number of aromatic nitrogens is 2. The molecule has 0 radical (unpaired) electrons. The molecule has 0 bridgehead atoms. The summed E-state index contributed by atoms with van der Waals surface area (Å²) in [5.74, 6) is 1.36. The van der Waals surface area contributed by atoms with Gasteiger partial charge in [0.1, 0.15) is 0 Å². The Morgan fingerprint density at radius 1 is 1.00 bits per heavy atom. The van der Waals surface area contributed by atoms with Gasteiger partial charge in [0, 0.05) is 0 Å². The fourth-order valence-corrected chi connectivity index (χ4v) is 5.02.